The highest BCUT2D eigenvalue weighted by atomic mass is 32.1. The molecule has 0 bridgehead atoms. The van der Waals surface area contributed by atoms with Gasteiger partial charge in [0.1, 0.15) is 0 Å². The van der Waals surface area contributed by atoms with Crippen LogP contribution in [0.5, 0.6) is 0 Å². The van der Waals surface area contributed by atoms with Gasteiger partial charge in [-0.1, -0.05) is 6.07 Å². The van der Waals surface area contributed by atoms with E-state index in [1.54, 1.807) is 17.5 Å². The molecule has 5 heterocycles. The molecule has 1 aliphatic rings. The third kappa shape index (κ3) is 3.50. The van der Waals surface area contributed by atoms with Gasteiger partial charge in [0, 0.05) is 48.7 Å². The maximum Gasteiger partial charge on any atom is 0.156 e. The van der Waals surface area contributed by atoms with Crippen LogP contribution >= 0.6 is 11.3 Å². The first kappa shape index (κ1) is 16.6. The summed E-state index contributed by atoms with van der Waals surface area (Å²) < 4.78 is 1.91. The molecule has 0 saturated carbocycles. The van der Waals surface area contributed by atoms with E-state index in [-0.39, 0.29) is 0 Å². The number of pyridine rings is 2. The van der Waals surface area contributed by atoms with E-state index in [1.165, 1.54) is 12.0 Å². The molecule has 1 atom stereocenters. The van der Waals surface area contributed by atoms with Gasteiger partial charge in [-0.05, 0) is 60.0 Å². The highest BCUT2D eigenvalue weighted by Gasteiger charge is 2.25. The van der Waals surface area contributed by atoms with Crippen molar-refractivity contribution in [2.75, 3.05) is 13.1 Å². The van der Waals surface area contributed by atoms with E-state index in [9.17, 15) is 0 Å². The lowest BCUT2D eigenvalue weighted by atomic mass is 9.97. The minimum Gasteiger partial charge on any atom is -0.298 e. The number of aromatic nitrogens is 4. The minimum atomic E-state index is 0.402. The summed E-state index contributed by atoms with van der Waals surface area (Å²) in [7, 11) is 0. The summed E-state index contributed by atoms with van der Waals surface area (Å²) in [6.45, 7) is 3.21. The van der Waals surface area contributed by atoms with Gasteiger partial charge < -0.3 is 0 Å². The highest BCUT2D eigenvalue weighted by molar-refractivity contribution is 7.07. The topological polar surface area (TPSA) is 46.3 Å². The summed E-state index contributed by atoms with van der Waals surface area (Å²) in [6, 6.07) is 10.4. The van der Waals surface area contributed by atoms with Crippen molar-refractivity contribution < 1.29 is 0 Å². The SMILES string of the molecule is c1cncc(-c2ccc3nc([C@H]4CCCN(Cc5ccsc5)C4)nn3c2)c1. The molecule has 0 aliphatic carbocycles. The minimum absolute atomic E-state index is 0.402. The summed E-state index contributed by atoms with van der Waals surface area (Å²) in [5.74, 6) is 1.37. The number of thiophene rings is 1. The molecule has 1 aliphatic heterocycles. The average Bonchev–Trinajstić information content (AvgIpc) is 3.38. The lowest BCUT2D eigenvalue weighted by Crippen LogP contribution is -2.34. The van der Waals surface area contributed by atoms with Gasteiger partial charge in [-0.3, -0.25) is 9.88 Å². The van der Waals surface area contributed by atoms with Crippen molar-refractivity contribution in [3.8, 4) is 11.1 Å². The van der Waals surface area contributed by atoms with Gasteiger partial charge in [0.2, 0.25) is 0 Å². The fourth-order valence-electron chi connectivity index (χ4n) is 3.83. The summed E-state index contributed by atoms with van der Waals surface area (Å²) >= 11 is 1.77. The highest BCUT2D eigenvalue weighted by Crippen LogP contribution is 2.27. The monoisotopic (exact) mass is 375 g/mol. The maximum absolute atomic E-state index is 4.81. The van der Waals surface area contributed by atoms with Crippen molar-refractivity contribution in [1.29, 1.82) is 0 Å². The second-order valence-electron chi connectivity index (χ2n) is 7.14. The Balaban J connectivity index is 1.38. The predicted molar refractivity (Wildman–Crippen MR) is 108 cm³/mol. The third-order valence-corrected chi connectivity index (χ3v) is 5.93. The van der Waals surface area contributed by atoms with Crippen LogP contribution in [0, 0.1) is 0 Å². The maximum atomic E-state index is 4.81. The standard InChI is InChI=1S/C21H21N5S/c1-3-17(11-22-8-1)18-5-6-20-23-21(24-26(20)14-18)19-4-2-9-25(13-19)12-16-7-10-27-15-16/h1,3,5-8,10-11,14-15,19H,2,4,9,12-13H2/t19-/m0/s1. The van der Waals surface area contributed by atoms with Crippen molar-refractivity contribution >= 4 is 17.0 Å². The van der Waals surface area contributed by atoms with E-state index in [2.05, 4.69) is 45.0 Å². The molecular weight excluding hydrogens is 354 g/mol. The van der Waals surface area contributed by atoms with Crippen LogP contribution < -0.4 is 0 Å². The molecule has 0 aromatic carbocycles. The van der Waals surface area contributed by atoms with Gasteiger partial charge >= 0.3 is 0 Å². The molecular formula is C21H21N5S. The fourth-order valence-corrected chi connectivity index (χ4v) is 4.49. The molecule has 1 saturated heterocycles. The molecule has 4 aromatic rings. The molecule has 0 radical (unpaired) electrons. The molecule has 0 spiro atoms. The van der Waals surface area contributed by atoms with E-state index >= 15 is 0 Å². The number of nitrogens with zero attached hydrogens (tertiary/aromatic N) is 5. The second kappa shape index (κ2) is 7.21. The molecule has 136 valence electrons. The summed E-state index contributed by atoms with van der Waals surface area (Å²) in [6.07, 6.45) is 8.08. The molecule has 5 rings (SSSR count). The quantitative estimate of drug-likeness (QED) is 0.535. The van der Waals surface area contributed by atoms with Gasteiger partial charge in [0.05, 0.1) is 0 Å². The molecule has 0 amide bonds. The summed E-state index contributed by atoms with van der Waals surface area (Å²) in [5.41, 5.74) is 4.52. The van der Waals surface area contributed by atoms with Gasteiger partial charge in [-0.25, -0.2) is 9.50 Å². The predicted octanol–water partition coefficient (Wildman–Crippen LogP) is 4.23. The zero-order valence-electron chi connectivity index (χ0n) is 15.0. The number of hydrogen-bond acceptors (Lipinski definition) is 5. The first-order valence-corrected chi connectivity index (χ1v) is 10.3. The Bertz CT molecular complexity index is 1030. The van der Waals surface area contributed by atoms with Crippen LogP contribution in [0.25, 0.3) is 16.8 Å². The smallest absolute Gasteiger partial charge is 0.156 e. The molecule has 0 N–H and O–H groups in total. The van der Waals surface area contributed by atoms with Crippen molar-refractivity contribution in [3.63, 3.8) is 0 Å². The first-order valence-electron chi connectivity index (χ1n) is 9.35. The largest absolute Gasteiger partial charge is 0.298 e. The number of piperidine rings is 1. The third-order valence-electron chi connectivity index (χ3n) is 5.20. The normalized spacial score (nSPS) is 18.1. The van der Waals surface area contributed by atoms with E-state index in [0.29, 0.717) is 5.92 Å². The Kier molecular flexibility index (Phi) is 4.43. The van der Waals surface area contributed by atoms with Crippen LogP contribution in [-0.4, -0.2) is 37.6 Å². The number of fused-ring (bicyclic) bond motifs is 1. The number of likely N-dealkylation sites (tertiary alicyclic amines) is 1. The Morgan fingerprint density at radius 1 is 1.15 bits per heavy atom. The van der Waals surface area contributed by atoms with Crippen LogP contribution in [0.4, 0.5) is 0 Å². The number of rotatable bonds is 4. The molecule has 27 heavy (non-hydrogen) atoms. The molecule has 5 nitrogen and oxygen atoms in total. The van der Waals surface area contributed by atoms with Crippen LogP contribution in [-0.2, 0) is 6.54 Å². The van der Waals surface area contributed by atoms with Gasteiger partial charge in [-0.15, -0.1) is 0 Å². The Morgan fingerprint density at radius 3 is 3.00 bits per heavy atom. The Labute approximate surface area is 162 Å². The molecule has 1 fully saturated rings. The fraction of sp³-hybridized carbons (Fsp3) is 0.286. The van der Waals surface area contributed by atoms with E-state index < -0.39 is 0 Å². The van der Waals surface area contributed by atoms with Crippen LogP contribution in [0.15, 0.2) is 59.7 Å². The summed E-state index contributed by atoms with van der Waals surface area (Å²) in [5, 5.41) is 9.21. The van der Waals surface area contributed by atoms with Crippen LogP contribution in [0.3, 0.4) is 0 Å². The average molecular weight is 376 g/mol. The van der Waals surface area contributed by atoms with Crippen LogP contribution in [0.2, 0.25) is 0 Å². The Morgan fingerprint density at radius 2 is 2.15 bits per heavy atom. The van der Waals surface area contributed by atoms with E-state index in [0.717, 1.165) is 48.7 Å². The van der Waals surface area contributed by atoms with E-state index in [1.807, 2.05) is 22.8 Å². The van der Waals surface area contributed by atoms with Crippen molar-refractivity contribution in [1.82, 2.24) is 24.5 Å². The Hall–Kier alpha value is -2.57. The molecule has 4 aromatic heterocycles. The van der Waals surface area contributed by atoms with Gasteiger partial charge in [0.15, 0.2) is 11.5 Å². The molecule has 0 unspecified atom stereocenters. The van der Waals surface area contributed by atoms with Crippen molar-refractivity contribution in [2.45, 2.75) is 25.3 Å². The molecule has 6 heteroatoms. The lowest BCUT2D eigenvalue weighted by Gasteiger charge is -2.31. The number of hydrogen-bond donors (Lipinski definition) is 0. The van der Waals surface area contributed by atoms with Gasteiger partial charge in [0.25, 0.3) is 0 Å². The van der Waals surface area contributed by atoms with Crippen molar-refractivity contribution in [2.24, 2.45) is 0 Å². The summed E-state index contributed by atoms with van der Waals surface area (Å²) in [4.78, 5) is 11.6. The lowest BCUT2D eigenvalue weighted by molar-refractivity contribution is 0.197. The van der Waals surface area contributed by atoms with Gasteiger partial charge in [-0.2, -0.15) is 16.4 Å². The van der Waals surface area contributed by atoms with E-state index in [4.69, 9.17) is 10.1 Å². The second-order valence-corrected chi connectivity index (χ2v) is 7.92. The van der Waals surface area contributed by atoms with Crippen LogP contribution in [0.1, 0.15) is 30.1 Å². The zero-order chi connectivity index (χ0) is 18.1. The zero-order valence-corrected chi connectivity index (χ0v) is 15.8. The van der Waals surface area contributed by atoms with Crippen molar-refractivity contribution in [3.05, 3.63) is 71.1 Å². The first-order chi connectivity index (χ1) is 13.3.